The third-order valence-corrected chi connectivity index (χ3v) is 16.2. The molecule has 0 radical (unpaired) electrons. The van der Waals surface area contributed by atoms with Crippen molar-refractivity contribution in [2.45, 2.75) is 96.9 Å². The van der Waals surface area contributed by atoms with E-state index in [9.17, 15) is 0 Å². The first-order valence-electron chi connectivity index (χ1n) is 24.4. The molecule has 0 fully saturated rings. The molecule has 8 aromatic carbocycles. The smallest absolute Gasteiger partial charge is 0.252 e. The van der Waals surface area contributed by atoms with Crippen molar-refractivity contribution in [2.24, 2.45) is 0 Å². The summed E-state index contributed by atoms with van der Waals surface area (Å²) in [4.78, 5) is 7.89. The van der Waals surface area contributed by atoms with Crippen LogP contribution in [0.5, 0.6) is 0 Å². The molecule has 0 saturated heterocycles. The van der Waals surface area contributed by atoms with Crippen LogP contribution in [0.3, 0.4) is 0 Å². The zero-order valence-corrected chi connectivity index (χ0v) is 40.6. The predicted octanol–water partition coefficient (Wildman–Crippen LogP) is 14.6. The topological polar surface area (TPSA) is 9.72 Å². The number of rotatable bonds is 4. The molecule has 0 spiro atoms. The molecular weight excluding hydrogens is 810 g/mol. The van der Waals surface area contributed by atoms with Gasteiger partial charge in [0.05, 0.1) is 11.2 Å². The molecule has 0 bridgehead atoms. The summed E-state index contributed by atoms with van der Waals surface area (Å²) in [7, 11) is 0. The summed E-state index contributed by atoms with van der Waals surface area (Å²) in [6.07, 6.45) is 2.18. The van der Waals surface area contributed by atoms with E-state index in [1.165, 1.54) is 106 Å². The third-order valence-electron chi connectivity index (χ3n) is 16.2. The highest BCUT2D eigenvalue weighted by molar-refractivity contribution is 7.00. The van der Waals surface area contributed by atoms with E-state index in [-0.39, 0.29) is 28.5 Å². The minimum Gasteiger partial charge on any atom is -0.330 e. The zero-order chi connectivity index (χ0) is 46.2. The van der Waals surface area contributed by atoms with Crippen LogP contribution in [0.15, 0.2) is 176 Å². The molecule has 3 aliphatic heterocycles. The van der Waals surface area contributed by atoms with Crippen molar-refractivity contribution in [1.82, 2.24) is 0 Å². The van der Waals surface area contributed by atoms with E-state index in [2.05, 4.69) is 253 Å². The van der Waals surface area contributed by atoms with Gasteiger partial charge in [0, 0.05) is 50.8 Å². The zero-order valence-electron chi connectivity index (χ0n) is 40.6. The summed E-state index contributed by atoms with van der Waals surface area (Å²) < 4.78 is 0. The summed E-state index contributed by atoms with van der Waals surface area (Å²) in [5.74, 6) is 0. The summed E-state index contributed by atoms with van der Waals surface area (Å²) >= 11 is 0. The molecular formula is C63H60BN3. The number of hydrogen-bond acceptors (Lipinski definition) is 3. The van der Waals surface area contributed by atoms with Crippen LogP contribution in [0.4, 0.5) is 45.5 Å². The lowest BCUT2D eigenvalue weighted by Gasteiger charge is -2.51. The molecule has 2 atom stereocenters. The van der Waals surface area contributed by atoms with Crippen molar-refractivity contribution in [3.63, 3.8) is 0 Å². The molecule has 330 valence electrons. The molecule has 67 heavy (non-hydrogen) atoms. The first kappa shape index (κ1) is 41.6. The number of hydrogen-bond donors (Lipinski definition) is 0. The number of anilines is 8. The molecule has 4 aliphatic rings. The first-order valence-corrected chi connectivity index (χ1v) is 24.4. The number of aryl methyl sites for hydroxylation is 2. The quantitative estimate of drug-likeness (QED) is 0.163. The van der Waals surface area contributed by atoms with Gasteiger partial charge in [-0.05, 0) is 154 Å². The van der Waals surface area contributed by atoms with E-state index in [4.69, 9.17) is 0 Å². The maximum absolute atomic E-state index is 2.71. The average molecular weight is 870 g/mol. The fourth-order valence-corrected chi connectivity index (χ4v) is 12.6. The van der Waals surface area contributed by atoms with Gasteiger partial charge < -0.3 is 14.7 Å². The summed E-state index contributed by atoms with van der Waals surface area (Å²) in [6.45, 7) is 21.2. The van der Waals surface area contributed by atoms with Crippen molar-refractivity contribution >= 4 is 68.6 Å². The molecule has 3 nitrogen and oxygen atoms in total. The molecule has 4 heteroatoms. The summed E-state index contributed by atoms with van der Waals surface area (Å²) in [5.41, 5.74) is 24.1. The van der Waals surface area contributed by atoms with Crippen LogP contribution in [0.2, 0.25) is 0 Å². The van der Waals surface area contributed by atoms with Gasteiger partial charge in [0.2, 0.25) is 0 Å². The largest absolute Gasteiger partial charge is 0.330 e. The Balaban J connectivity index is 1.13. The van der Waals surface area contributed by atoms with Crippen LogP contribution in [-0.2, 0) is 28.2 Å². The van der Waals surface area contributed by atoms with Crippen molar-refractivity contribution in [1.29, 1.82) is 0 Å². The summed E-state index contributed by atoms with van der Waals surface area (Å²) in [6, 6.07) is 67.6. The second-order valence-electron chi connectivity index (χ2n) is 22.2. The fraction of sp³-hybridized carbons (Fsp3) is 0.238. The van der Waals surface area contributed by atoms with Gasteiger partial charge in [0.25, 0.3) is 6.71 Å². The Morgan fingerprint density at radius 3 is 1.81 bits per heavy atom. The molecule has 0 N–H and O–H groups in total. The van der Waals surface area contributed by atoms with Gasteiger partial charge in [-0.1, -0.05) is 164 Å². The van der Waals surface area contributed by atoms with Gasteiger partial charge in [-0.15, -0.1) is 0 Å². The molecule has 0 amide bonds. The van der Waals surface area contributed by atoms with E-state index in [0.29, 0.717) is 0 Å². The van der Waals surface area contributed by atoms with Crippen molar-refractivity contribution in [2.75, 3.05) is 14.7 Å². The number of para-hydroxylation sites is 2. The van der Waals surface area contributed by atoms with Crippen molar-refractivity contribution in [3.05, 3.63) is 209 Å². The monoisotopic (exact) mass is 869 g/mol. The van der Waals surface area contributed by atoms with Crippen LogP contribution < -0.4 is 31.1 Å². The Kier molecular flexibility index (Phi) is 9.08. The number of fused-ring (bicyclic) bond motifs is 9. The van der Waals surface area contributed by atoms with E-state index in [1.807, 2.05) is 0 Å². The molecule has 0 saturated carbocycles. The van der Waals surface area contributed by atoms with E-state index < -0.39 is 0 Å². The highest BCUT2D eigenvalue weighted by Crippen LogP contribution is 2.64. The Morgan fingerprint density at radius 1 is 0.478 bits per heavy atom. The van der Waals surface area contributed by atoms with Gasteiger partial charge in [-0.3, -0.25) is 0 Å². The minimum absolute atomic E-state index is 0.00533. The molecule has 3 heterocycles. The number of benzene rings is 8. The lowest BCUT2D eigenvalue weighted by Crippen LogP contribution is -2.61. The molecule has 2 unspecified atom stereocenters. The highest BCUT2D eigenvalue weighted by Gasteiger charge is 2.60. The second-order valence-corrected chi connectivity index (χ2v) is 22.2. The minimum atomic E-state index is -0.299. The first-order chi connectivity index (χ1) is 32.2. The Bertz CT molecular complexity index is 3280. The normalized spacial score (nSPS) is 19.0. The lowest BCUT2D eigenvalue weighted by atomic mass is 9.33. The van der Waals surface area contributed by atoms with Crippen LogP contribution >= 0.6 is 0 Å². The van der Waals surface area contributed by atoms with Gasteiger partial charge in [-0.25, -0.2) is 0 Å². The fourth-order valence-electron chi connectivity index (χ4n) is 12.6. The summed E-state index contributed by atoms with van der Waals surface area (Å²) in [5, 5.41) is 0. The Morgan fingerprint density at radius 2 is 1.07 bits per heavy atom. The molecule has 1 aliphatic carbocycles. The second kappa shape index (κ2) is 14.6. The van der Waals surface area contributed by atoms with Gasteiger partial charge in [-0.2, -0.15) is 0 Å². The van der Waals surface area contributed by atoms with Gasteiger partial charge in [0.1, 0.15) is 0 Å². The van der Waals surface area contributed by atoms with Crippen LogP contribution in [-0.4, -0.2) is 6.71 Å². The number of nitrogens with zero attached hydrogens (tertiary/aromatic N) is 3. The van der Waals surface area contributed by atoms with Crippen molar-refractivity contribution < 1.29 is 0 Å². The molecule has 8 aromatic rings. The van der Waals surface area contributed by atoms with Crippen LogP contribution in [0.25, 0.3) is 11.1 Å². The average Bonchev–Trinajstić information content (AvgIpc) is 3.54. The van der Waals surface area contributed by atoms with Crippen LogP contribution in [0, 0.1) is 6.92 Å². The highest BCUT2D eigenvalue weighted by atomic mass is 15.3. The van der Waals surface area contributed by atoms with E-state index in [1.54, 1.807) is 0 Å². The maximum Gasteiger partial charge on any atom is 0.252 e. The molecule has 0 aromatic heterocycles. The third kappa shape index (κ3) is 6.04. The van der Waals surface area contributed by atoms with Crippen molar-refractivity contribution in [3.8, 4) is 11.1 Å². The maximum atomic E-state index is 2.71. The lowest BCUT2D eigenvalue weighted by molar-refractivity contribution is 0.245. The Labute approximate surface area is 398 Å². The van der Waals surface area contributed by atoms with E-state index >= 15 is 0 Å². The predicted molar refractivity (Wildman–Crippen MR) is 286 cm³/mol. The van der Waals surface area contributed by atoms with E-state index in [0.717, 1.165) is 12.8 Å². The van der Waals surface area contributed by atoms with Crippen LogP contribution in [0.1, 0.15) is 95.2 Å². The standard InChI is InChI=1S/C63H60BN3/c1-41-37-57-59-58(38-41)66(53-34-29-45(61(5,6)7)39-48(53)42-19-11-10-12-20-42)55-26-18-16-24-51(55)64(59)52-33-32-47(40-56(52)65(57)46-30-27-44(28-31-46)60(2,3)4)67-54-25-17-15-23-50(54)62(8)36-35-43-21-13-14-22-49(43)63(62,67)9/h10-34,37-40H,35-36H2,1-9H3. The van der Waals surface area contributed by atoms with Gasteiger partial charge >= 0.3 is 0 Å². The Hall–Kier alpha value is -6.78. The van der Waals surface area contributed by atoms with Gasteiger partial charge in [0.15, 0.2) is 0 Å². The molecule has 12 rings (SSSR count). The SMILES string of the molecule is Cc1cc2c3c(c1)N(c1ccc(C(C)(C)C)cc1-c1ccccc1)c1ccccc1B3c1ccc(N3c4ccccc4C4(C)CCc5ccccc5C34C)cc1N2c1ccc(C(C)(C)C)cc1.